The second kappa shape index (κ2) is 4.85. The topological polar surface area (TPSA) is 83.6 Å². The highest BCUT2D eigenvalue weighted by Gasteiger charge is 2.37. The minimum atomic E-state index is -0.954. The number of hydrogen-bond donors (Lipinski definition) is 2. The normalized spacial score (nSPS) is 23.2. The molecule has 0 unspecified atom stereocenters. The Morgan fingerprint density at radius 1 is 1.53 bits per heavy atom. The molecule has 3 N–H and O–H groups in total. The molecule has 1 amide bonds. The summed E-state index contributed by atoms with van der Waals surface area (Å²) in [5.41, 5.74) is 5.71. The molecule has 1 aliphatic rings. The second-order valence-electron chi connectivity index (χ2n) is 3.93. The summed E-state index contributed by atoms with van der Waals surface area (Å²) in [4.78, 5) is 24.0. The number of carbonyl (C=O) groups excluding carboxylic acids is 1. The predicted octanol–water partition coefficient (Wildman–Crippen LogP) is -0.0442. The highest BCUT2D eigenvalue weighted by atomic mass is 32.2. The van der Waals surface area contributed by atoms with Crippen LogP contribution in [0, 0.1) is 5.92 Å². The number of thioether (sulfide) groups is 1. The molecule has 0 saturated carbocycles. The first-order valence-electron chi connectivity index (χ1n) is 4.81. The number of rotatable bonds is 3. The van der Waals surface area contributed by atoms with Crippen LogP contribution in [-0.2, 0) is 9.59 Å². The van der Waals surface area contributed by atoms with Crippen LogP contribution in [0.2, 0.25) is 0 Å². The first kappa shape index (κ1) is 12.3. The lowest BCUT2D eigenvalue weighted by atomic mass is 10.0. The number of nitrogens with zero attached hydrogens (tertiary/aromatic N) is 1. The minimum Gasteiger partial charge on any atom is -0.480 e. The Bertz CT molecular complexity index is 270. The zero-order valence-electron chi connectivity index (χ0n) is 8.84. The maximum Gasteiger partial charge on any atom is 0.327 e. The average Bonchev–Trinajstić information content (AvgIpc) is 2.63. The second-order valence-corrected chi connectivity index (χ2v) is 4.93. The molecule has 6 heteroatoms. The number of aliphatic carboxylic acids is 1. The van der Waals surface area contributed by atoms with Gasteiger partial charge in [0.2, 0.25) is 5.91 Å². The molecule has 0 spiro atoms. The molecule has 15 heavy (non-hydrogen) atoms. The number of carbonyl (C=O) groups is 2. The molecule has 1 rings (SSSR count). The summed E-state index contributed by atoms with van der Waals surface area (Å²) < 4.78 is 0. The van der Waals surface area contributed by atoms with Crippen molar-refractivity contribution in [2.45, 2.75) is 25.9 Å². The molecule has 0 aliphatic carbocycles. The summed E-state index contributed by atoms with van der Waals surface area (Å²) in [6.07, 6.45) is 0. The fourth-order valence-electron chi connectivity index (χ4n) is 1.34. The van der Waals surface area contributed by atoms with Crippen LogP contribution in [-0.4, -0.2) is 45.6 Å². The third-order valence-corrected chi connectivity index (χ3v) is 3.47. The Kier molecular flexibility index (Phi) is 3.98. The molecule has 1 saturated heterocycles. The van der Waals surface area contributed by atoms with E-state index in [1.165, 1.54) is 16.7 Å². The molecule has 0 aromatic carbocycles. The van der Waals surface area contributed by atoms with Crippen LogP contribution in [0.1, 0.15) is 13.8 Å². The van der Waals surface area contributed by atoms with Gasteiger partial charge in [0.1, 0.15) is 6.04 Å². The largest absolute Gasteiger partial charge is 0.480 e. The van der Waals surface area contributed by atoms with Crippen LogP contribution >= 0.6 is 11.8 Å². The van der Waals surface area contributed by atoms with Crippen molar-refractivity contribution in [2.75, 3.05) is 11.6 Å². The molecule has 86 valence electrons. The summed E-state index contributed by atoms with van der Waals surface area (Å²) in [5, 5.41) is 8.90. The Labute approximate surface area is 93.0 Å². The highest BCUT2D eigenvalue weighted by molar-refractivity contribution is 7.99. The van der Waals surface area contributed by atoms with Gasteiger partial charge in [0.15, 0.2) is 0 Å². The van der Waals surface area contributed by atoms with Gasteiger partial charge < -0.3 is 15.7 Å². The molecule has 1 heterocycles. The summed E-state index contributed by atoms with van der Waals surface area (Å²) >= 11 is 1.44. The highest BCUT2D eigenvalue weighted by Crippen LogP contribution is 2.22. The standard InChI is InChI=1S/C9H16N2O3S/c1-5(2)7(10)8(12)11-4-15-3-6(11)9(13)14/h5-7H,3-4,10H2,1-2H3,(H,13,14)/t6-,7-/m0/s1. The fraction of sp³-hybridized carbons (Fsp3) is 0.778. The monoisotopic (exact) mass is 232 g/mol. The van der Waals surface area contributed by atoms with Crippen molar-refractivity contribution in [3.05, 3.63) is 0 Å². The van der Waals surface area contributed by atoms with E-state index in [1.54, 1.807) is 0 Å². The Morgan fingerprint density at radius 3 is 2.60 bits per heavy atom. The van der Waals surface area contributed by atoms with Crippen LogP contribution in [0.3, 0.4) is 0 Å². The average molecular weight is 232 g/mol. The molecule has 1 aliphatic heterocycles. The third-order valence-electron chi connectivity index (χ3n) is 2.45. The van der Waals surface area contributed by atoms with Crippen molar-refractivity contribution in [2.24, 2.45) is 11.7 Å². The van der Waals surface area contributed by atoms with Crippen molar-refractivity contribution in [1.82, 2.24) is 4.90 Å². The Morgan fingerprint density at radius 2 is 2.13 bits per heavy atom. The smallest absolute Gasteiger partial charge is 0.327 e. The van der Waals surface area contributed by atoms with E-state index >= 15 is 0 Å². The molecule has 2 atom stereocenters. The Balaban J connectivity index is 2.70. The zero-order valence-corrected chi connectivity index (χ0v) is 9.66. The van der Waals surface area contributed by atoms with Crippen LogP contribution in [0.15, 0.2) is 0 Å². The summed E-state index contributed by atoms with van der Waals surface area (Å²) in [5.74, 6) is -0.313. The van der Waals surface area contributed by atoms with Crippen molar-refractivity contribution < 1.29 is 14.7 Å². The number of carboxylic acids is 1. The van der Waals surface area contributed by atoms with Crippen LogP contribution in [0.4, 0.5) is 0 Å². The lowest BCUT2D eigenvalue weighted by Crippen LogP contribution is -2.50. The van der Waals surface area contributed by atoms with E-state index in [0.717, 1.165) is 0 Å². The van der Waals surface area contributed by atoms with Crippen molar-refractivity contribution >= 4 is 23.6 Å². The van der Waals surface area contributed by atoms with Gasteiger partial charge in [0.25, 0.3) is 0 Å². The minimum absolute atomic E-state index is 0.0255. The van der Waals surface area contributed by atoms with Gasteiger partial charge in [-0.25, -0.2) is 4.79 Å². The lowest BCUT2D eigenvalue weighted by molar-refractivity contribution is -0.148. The van der Waals surface area contributed by atoms with E-state index in [1.807, 2.05) is 13.8 Å². The number of carboxylic acid groups (broad SMARTS) is 1. The van der Waals surface area contributed by atoms with Gasteiger partial charge in [0.05, 0.1) is 11.9 Å². The van der Waals surface area contributed by atoms with Crippen LogP contribution in [0.5, 0.6) is 0 Å². The summed E-state index contributed by atoms with van der Waals surface area (Å²) in [7, 11) is 0. The summed E-state index contributed by atoms with van der Waals surface area (Å²) in [6.45, 7) is 3.70. The molecule has 0 aromatic heterocycles. The van der Waals surface area contributed by atoms with E-state index < -0.39 is 18.1 Å². The van der Waals surface area contributed by atoms with E-state index in [4.69, 9.17) is 10.8 Å². The predicted molar refractivity (Wildman–Crippen MR) is 58.4 cm³/mol. The first-order chi connectivity index (χ1) is 6.95. The van der Waals surface area contributed by atoms with E-state index in [0.29, 0.717) is 11.6 Å². The van der Waals surface area contributed by atoms with Gasteiger partial charge in [0, 0.05) is 5.75 Å². The van der Waals surface area contributed by atoms with Gasteiger partial charge in [-0.3, -0.25) is 4.79 Å². The maximum atomic E-state index is 11.8. The van der Waals surface area contributed by atoms with Crippen molar-refractivity contribution in [3.8, 4) is 0 Å². The van der Waals surface area contributed by atoms with Crippen LogP contribution < -0.4 is 5.73 Å². The molecule has 0 bridgehead atoms. The number of nitrogens with two attached hydrogens (primary N) is 1. The van der Waals surface area contributed by atoms with Gasteiger partial charge in [-0.2, -0.15) is 0 Å². The van der Waals surface area contributed by atoms with E-state index in [9.17, 15) is 9.59 Å². The lowest BCUT2D eigenvalue weighted by Gasteiger charge is -2.25. The maximum absolute atomic E-state index is 11.8. The third kappa shape index (κ3) is 2.63. The van der Waals surface area contributed by atoms with E-state index in [2.05, 4.69) is 0 Å². The Hall–Kier alpha value is -0.750. The van der Waals surface area contributed by atoms with Gasteiger partial charge in [-0.1, -0.05) is 13.8 Å². The first-order valence-corrected chi connectivity index (χ1v) is 5.97. The van der Waals surface area contributed by atoms with Gasteiger partial charge >= 0.3 is 5.97 Å². The SMILES string of the molecule is CC(C)[C@H](N)C(=O)N1CSC[C@H]1C(=O)O. The number of hydrogen-bond acceptors (Lipinski definition) is 4. The molecule has 5 nitrogen and oxygen atoms in total. The van der Waals surface area contributed by atoms with Gasteiger partial charge in [-0.15, -0.1) is 11.8 Å². The van der Waals surface area contributed by atoms with Crippen molar-refractivity contribution in [1.29, 1.82) is 0 Å². The van der Waals surface area contributed by atoms with E-state index in [-0.39, 0.29) is 11.8 Å². The molecule has 0 aromatic rings. The van der Waals surface area contributed by atoms with Crippen LogP contribution in [0.25, 0.3) is 0 Å². The zero-order chi connectivity index (χ0) is 11.6. The van der Waals surface area contributed by atoms with Crippen molar-refractivity contribution in [3.63, 3.8) is 0 Å². The fourth-order valence-corrected chi connectivity index (χ4v) is 2.50. The molecular formula is C9H16N2O3S. The van der Waals surface area contributed by atoms with Gasteiger partial charge in [-0.05, 0) is 5.92 Å². The molecule has 0 radical (unpaired) electrons. The molecule has 1 fully saturated rings. The molecular weight excluding hydrogens is 216 g/mol. The summed E-state index contributed by atoms with van der Waals surface area (Å²) in [6, 6.07) is -1.32. The number of amides is 1. The quantitative estimate of drug-likeness (QED) is 0.713.